The Morgan fingerprint density at radius 1 is 0.800 bits per heavy atom. The van der Waals surface area contributed by atoms with Crippen LogP contribution in [0, 0.1) is 20.8 Å². The first-order chi connectivity index (χ1) is 14.6. The van der Waals surface area contributed by atoms with Crippen molar-refractivity contribution >= 4 is 28.4 Å². The molecule has 2 nitrogen and oxygen atoms in total. The molecule has 0 saturated carbocycles. The van der Waals surface area contributed by atoms with E-state index >= 15 is 0 Å². The Morgan fingerprint density at radius 2 is 1.37 bits per heavy atom. The third kappa shape index (κ3) is 4.58. The number of hydrogen-bond acceptors (Lipinski definition) is 3. The summed E-state index contributed by atoms with van der Waals surface area (Å²) in [5, 5.41) is 8.30. The van der Waals surface area contributed by atoms with E-state index in [-0.39, 0.29) is 6.04 Å². The second-order valence-corrected chi connectivity index (χ2v) is 8.59. The maximum Gasteiger partial charge on any atom is 0.0701 e. The van der Waals surface area contributed by atoms with Crippen LogP contribution in [0.1, 0.15) is 28.3 Å². The van der Waals surface area contributed by atoms with Crippen LogP contribution in [0.3, 0.4) is 0 Å². The Bertz CT molecular complexity index is 1010. The lowest BCUT2D eigenvalue weighted by Crippen LogP contribution is -2.28. The van der Waals surface area contributed by atoms with E-state index in [9.17, 15) is 0 Å². The summed E-state index contributed by atoms with van der Waals surface area (Å²) in [6.45, 7) is 7.38. The molecule has 0 spiro atoms. The van der Waals surface area contributed by atoms with E-state index in [4.69, 9.17) is 0 Å². The minimum Gasteiger partial charge on any atom is -0.376 e. The van der Waals surface area contributed by atoms with Crippen molar-refractivity contribution in [1.29, 1.82) is 0 Å². The lowest BCUT2D eigenvalue weighted by Gasteiger charge is -2.31. The van der Waals surface area contributed by atoms with Gasteiger partial charge in [-0.15, -0.1) is 0 Å². The number of nitrogens with one attached hydrogen (secondary N) is 1. The number of thiophene rings is 1. The highest BCUT2D eigenvalue weighted by Crippen LogP contribution is 2.32. The number of rotatable bonds is 7. The van der Waals surface area contributed by atoms with Crippen molar-refractivity contribution < 1.29 is 0 Å². The largest absolute Gasteiger partial charge is 0.376 e. The summed E-state index contributed by atoms with van der Waals surface area (Å²) in [5.74, 6) is 0. The fourth-order valence-electron chi connectivity index (χ4n) is 4.05. The van der Waals surface area contributed by atoms with Crippen LogP contribution >= 0.6 is 11.3 Å². The van der Waals surface area contributed by atoms with Crippen LogP contribution in [0.2, 0.25) is 0 Å². The summed E-state index contributed by atoms with van der Waals surface area (Å²) < 4.78 is 0. The summed E-state index contributed by atoms with van der Waals surface area (Å²) in [6.07, 6.45) is 0. The predicted octanol–water partition coefficient (Wildman–Crippen LogP) is 7.66. The number of aryl methyl sites for hydroxylation is 3. The van der Waals surface area contributed by atoms with Crippen LogP contribution in [0.5, 0.6) is 0 Å². The fourth-order valence-corrected chi connectivity index (χ4v) is 4.76. The van der Waals surface area contributed by atoms with Crippen molar-refractivity contribution in [1.82, 2.24) is 0 Å². The Morgan fingerprint density at radius 3 is 1.87 bits per heavy atom. The molecule has 30 heavy (non-hydrogen) atoms. The first-order valence-electron chi connectivity index (χ1n) is 10.4. The number of anilines is 3. The molecular weight excluding hydrogens is 384 g/mol. The molecule has 0 bridgehead atoms. The molecule has 0 saturated heterocycles. The molecular formula is C27H28N2S. The van der Waals surface area contributed by atoms with Crippen molar-refractivity contribution in [2.24, 2.45) is 0 Å². The predicted molar refractivity (Wildman–Crippen MR) is 131 cm³/mol. The number of benzene rings is 3. The van der Waals surface area contributed by atoms with Crippen molar-refractivity contribution in [2.75, 3.05) is 16.8 Å². The minimum absolute atomic E-state index is 0.164. The van der Waals surface area contributed by atoms with Crippen molar-refractivity contribution in [3.63, 3.8) is 0 Å². The maximum absolute atomic E-state index is 3.88. The van der Waals surface area contributed by atoms with Crippen LogP contribution in [0.15, 0.2) is 89.6 Å². The van der Waals surface area contributed by atoms with E-state index in [0.29, 0.717) is 0 Å². The maximum atomic E-state index is 3.88. The van der Waals surface area contributed by atoms with E-state index in [0.717, 1.165) is 6.54 Å². The Labute approximate surface area is 183 Å². The molecule has 3 heteroatoms. The van der Waals surface area contributed by atoms with Crippen molar-refractivity contribution in [2.45, 2.75) is 26.8 Å². The quantitative estimate of drug-likeness (QED) is 0.335. The molecule has 1 N–H and O–H groups in total. The van der Waals surface area contributed by atoms with E-state index in [1.807, 2.05) is 0 Å². The lowest BCUT2D eigenvalue weighted by atomic mass is 10.0. The Balaban J connectivity index is 1.72. The SMILES string of the molecule is Cc1cc(C)c(NC(CN(c2ccccc2)c2ccccc2)c2ccsc2)c(C)c1. The van der Waals surface area contributed by atoms with Gasteiger partial charge in [-0.3, -0.25) is 0 Å². The van der Waals surface area contributed by atoms with Gasteiger partial charge < -0.3 is 10.2 Å². The number of hydrogen-bond donors (Lipinski definition) is 1. The van der Waals surface area contributed by atoms with Crippen molar-refractivity contribution in [3.05, 3.63) is 112 Å². The third-order valence-corrected chi connectivity index (χ3v) is 6.14. The first-order valence-corrected chi connectivity index (χ1v) is 11.3. The van der Waals surface area contributed by atoms with Gasteiger partial charge in [-0.25, -0.2) is 0 Å². The molecule has 0 aliphatic carbocycles. The van der Waals surface area contributed by atoms with Crippen LogP contribution < -0.4 is 10.2 Å². The first kappa shape index (κ1) is 20.2. The monoisotopic (exact) mass is 412 g/mol. The summed E-state index contributed by atoms with van der Waals surface area (Å²) in [5.41, 5.74) is 8.83. The van der Waals surface area contributed by atoms with Crippen molar-refractivity contribution in [3.8, 4) is 0 Å². The molecule has 1 unspecified atom stereocenters. The molecule has 152 valence electrons. The summed E-state index contributed by atoms with van der Waals surface area (Å²) in [4.78, 5) is 2.40. The van der Waals surface area contributed by atoms with Crippen LogP contribution in [-0.4, -0.2) is 6.54 Å². The molecule has 0 aliphatic rings. The minimum atomic E-state index is 0.164. The second kappa shape index (κ2) is 9.19. The van der Waals surface area contributed by atoms with Gasteiger partial charge in [0.1, 0.15) is 0 Å². The van der Waals surface area contributed by atoms with Gasteiger partial charge in [0, 0.05) is 23.6 Å². The zero-order valence-electron chi connectivity index (χ0n) is 17.8. The third-order valence-electron chi connectivity index (χ3n) is 5.44. The molecule has 0 radical (unpaired) electrons. The van der Waals surface area contributed by atoms with E-state index in [2.05, 4.69) is 121 Å². The molecule has 0 aliphatic heterocycles. The molecule has 1 aromatic heterocycles. The smallest absolute Gasteiger partial charge is 0.0701 e. The lowest BCUT2D eigenvalue weighted by molar-refractivity contribution is 0.768. The van der Waals surface area contributed by atoms with Crippen LogP contribution in [0.4, 0.5) is 17.1 Å². The zero-order valence-corrected chi connectivity index (χ0v) is 18.6. The highest BCUT2D eigenvalue weighted by atomic mass is 32.1. The average Bonchev–Trinajstić information content (AvgIpc) is 3.29. The fraction of sp³-hybridized carbons (Fsp3) is 0.185. The van der Waals surface area contributed by atoms with E-state index in [1.165, 1.54) is 39.3 Å². The summed E-state index contributed by atoms with van der Waals surface area (Å²) >= 11 is 1.75. The van der Waals surface area contributed by atoms with E-state index in [1.54, 1.807) is 11.3 Å². The van der Waals surface area contributed by atoms with Gasteiger partial charge in [-0.05, 0) is 78.6 Å². The molecule has 0 amide bonds. The van der Waals surface area contributed by atoms with Gasteiger partial charge >= 0.3 is 0 Å². The number of nitrogens with zero attached hydrogens (tertiary/aromatic N) is 1. The number of para-hydroxylation sites is 2. The highest BCUT2D eigenvalue weighted by molar-refractivity contribution is 7.08. The molecule has 4 rings (SSSR count). The Hall–Kier alpha value is -3.04. The normalized spacial score (nSPS) is 11.8. The zero-order chi connectivity index (χ0) is 20.9. The molecule has 1 atom stereocenters. The second-order valence-electron chi connectivity index (χ2n) is 7.81. The van der Waals surface area contributed by atoms with Gasteiger partial charge in [0.2, 0.25) is 0 Å². The van der Waals surface area contributed by atoms with Gasteiger partial charge in [-0.1, -0.05) is 54.1 Å². The van der Waals surface area contributed by atoms with Gasteiger partial charge in [0.05, 0.1) is 6.04 Å². The van der Waals surface area contributed by atoms with Crippen LogP contribution in [-0.2, 0) is 0 Å². The highest BCUT2D eigenvalue weighted by Gasteiger charge is 2.20. The topological polar surface area (TPSA) is 15.3 Å². The van der Waals surface area contributed by atoms with E-state index < -0.39 is 0 Å². The molecule has 3 aromatic carbocycles. The molecule has 0 fully saturated rings. The van der Waals surface area contributed by atoms with Crippen LogP contribution in [0.25, 0.3) is 0 Å². The standard InChI is InChI=1S/C27H28N2S/c1-20-16-21(2)27(22(3)17-20)28-26(23-14-15-30-19-23)18-29(24-10-6-4-7-11-24)25-12-8-5-9-13-25/h4-17,19,26,28H,18H2,1-3H3. The molecule has 4 aromatic rings. The summed E-state index contributed by atoms with van der Waals surface area (Å²) in [7, 11) is 0. The van der Waals surface area contributed by atoms with Gasteiger partial charge in [0.25, 0.3) is 0 Å². The molecule has 1 heterocycles. The summed E-state index contributed by atoms with van der Waals surface area (Å²) in [6, 6.07) is 28.2. The van der Waals surface area contributed by atoms with Gasteiger partial charge in [-0.2, -0.15) is 11.3 Å². The average molecular weight is 413 g/mol. The van der Waals surface area contributed by atoms with Gasteiger partial charge in [0.15, 0.2) is 0 Å². The Kier molecular flexibility index (Phi) is 6.20.